The number of rotatable bonds is 8. The summed E-state index contributed by atoms with van der Waals surface area (Å²) in [5.74, 6) is 0.186. The molecule has 0 aliphatic heterocycles. The molecule has 0 aromatic heterocycles. The van der Waals surface area contributed by atoms with Crippen molar-refractivity contribution in [2.75, 3.05) is 32.3 Å². The number of anilines is 1. The van der Waals surface area contributed by atoms with Gasteiger partial charge >= 0.3 is 0 Å². The summed E-state index contributed by atoms with van der Waals surface area (Å²) < 4.78 is 43.6. The number of nitrogens with one attached hydrogen (secondary N) is 1. The molecular weight excluding hydrogens is 391 g/mol. The molecule has 0 unspecified atom stereocenters. The minimum Gasteiger partial charge on any atom is -0.494 e. The van der Waals surface area contributed by atoms with Crippen LogP contribution in [0.4, 0.5) is 10.1 Å². The fraction of sp³-hybridized carbons (Fsp3) is 0.278. The number of halogens is 1. The second-order valence-electron chi connectivity index (χ2n) is 5.82. The first-order chi connectivity index (χ1) is 12.7. The first kappa shape index (κ1) is 21.2. The zero-order chi connectivity index (χ0) is 20.0. The summed E-state index contributed by atoms with van der Waals surface area (Å²) >= 11 is 1.35. The fourth-order valence-electron chi connectivity index (χ4n) is 2.18. The Bertz CT molecular complexity index is 900. The SMILES string of the molecule is COc1ccc(CSCC(=O)Nc2ccc(S(=O)(=O)N(C)C)cc2)cc1F. The molecule has 2 aromatic rings. The van der Waals surface area contributed by atoms with Gasteiger partial charge in [-0.1, -0.05) is 6.07 Å². The number of carbonyl (C=O) groups is 1. The number of methoxy groups -OCH3 is 1. The number of amides is 1. The van der Waals surface area contributed by atoms with E-state index in [2.05, 4.69) is 5.32 Å². The van der Waals surface area contributed by atoms with Crippen LogP contribution in [0.15, 0.2) is 47.4 Å². The zero-order valence-corrected chi connectivity index (χ0v) is 16.9. The summed E-state index contributed by atoms with van der Waals surface area (Å²) in [7, 11) is 0.814. The first-order valence-corrected chi connectivity index (χ1v) is 10.6. The predicted molar refractivity (Wildman–Crippen MR) is 105 cm³/mol. The van der Waals surface area contributed by atoms with E-state index in [1.54, 1.807) is 12.1 Å². The van der Waals surface area contributed by atoms with Crippen molar-refractivity contribution in [3.8, 4) is 5.75 Å². The minimum atomic E-state index is -3.50. The second kappa shape index (κ2) is 9.20. The summed E-state index contributed by atoms with van der Waals surface area (Å²) in [6.45, 7) is 0. The Balaban J connectivity index is 1.86. The smallest absolute Gasteiger partial charge is 0.242 e. The molecule has 0 atom stereocenters. The molecule has 1 amide bonds. The number of sulfonamides is 1. The number of hydrogen-bond acceptors (Lipinski definition) is 5. The summed E-state index contributed by atoms with van der Waals surface area (Å²) in [5, 5.41) is 2.70. The van der Waals surface area contributed by atoms with Crippen LogP contribution in [-0.4, -0.2) is 45.6 Å². The van der Waals surface area contributed by atoms with Gasteiger partial charge in [-0.2, -0.15) is 0 Å². The molecule has 2 aromatic carbocycles. The van der Waals surface area contributed by atoms with Gasteiger partial charge in [-0.05, 0) is 42.0 Å². The highest BCUT2D eigenvalue weighted by atomic mass is 32.2. The van der Waals surface area contributed by atoms with Gasteiger partial charge in [0.05, 0.1) is 17.8 Å². The molecule has 0 fully saturated rings. The van der Waals surface area contributed by atoms with Crippen LogP contribution in [0.25, 0.3) is 0 Å². The molecule has 0 aliphatic rings. The quantitative estimate of drug-likeness (QED) is 0.722. The average Bonchev–Trinajstić information content (AvgIpc) is 2.62. The standard InChI is InChI=1S/C18H21FN2O4S2/c1-21(2)27(23,24)15-7-5-14(6-8-15)20-18(22)12-26-11-13-4-9-17(25-3)16(19)10-13/h4-10H,11-12H2,1-3H3,(H,20,22). The molecule has 0 aliphatic carbocycles. The third-order valence-corrected chi connectivity index (χ3v) is 6.47. The highest BCUT2D eigenvalue weighted by Gasteiger charge is 2.16. The second-order valence-corrected chi connectivity index (χ2v) is 8.96. The number of benzene rings is 2. The molecule has 1 N–H and O–H groups in total. The lowest BCUT2D eigenvalue weighted by Gasteiger charge is -2.12. The third kappa shape index (κ3) is 5.69. The summed E-state index contributed by atoms with van der Waals surface area (Å²) in [6.07, 6.45) is 0. The summed E-state index contributed by atoms with van der Waals surface area (Å²) in [6, 6.07) is 10.6. The van der Waals surface area contributed by atoms with Gasteiger partial charge in [0.15, 0.2) is 11.6 Å². The molecule has 146 valence electrons. The first-order valence-electron chi connectivity index (χ1n) is 7.96. The van der Waals surface area contributed by atoms with E-state index in [1.165, 1.54) is 63.3 Å². The van der Waals surface area contributed by atoms with E-state index in [-0.39, 0.29) is 22.3 Å². The van der Waals surface area contributed by atoms with Crippen LogP contribution in [0.3, 0.4) is 0 Å². The normalized spacial score (nSPS) is 11.4. The number of thioether (sulfide) groups is 1. The Hall–Kier alpha value is -2.10. The van der Waals surface area contributed by atoms with Gasteiger partial charge in [0.2, 0.25) is 15.9 Å². The van der Waals surface area contributed by atoms with Crippen molar-refractivity contribution in [2.45, 2.75) is 10.6 Å². The van der Waals surface area contributed by atoms with E-state index >= 15 is 0 Å². The molecule has 0 heterocycles. The molecule has 0 bridgehead atoms. The van der Waals surface area contributed by atoms with Crippen molar-refractivity contribution in [1.29, 1.82) is 0 Å². The average molecular weight is 413 g/mol. The van der Waals surface area contributed by atoms with E-state index in [0.717, 1.165) is 9.87 Å². The molecule has 0 saturated carbocycles. The van der Waals surface area contributed by atoms with E-state index in [4.69, 9.17) is 4.74 Å². The van der Waals surface area contributed by atoms with Gasteiger partial charge in [0.25, 0.3) is 0 Å². The van der Waals surface area contributed by atoms with Crippen molar-refractivity contribution in [3.05, 3.63) is 53.8 Å². The van der Waals surface area contributed by atoms with Gasteiger partial charge in [0.1, 0.15) is 0 Å². The van der Waals surface area contributed by atoms with Gasteiger partial charge in [-0.3, -0.25) is 4.79 Å². The van der Waals surface area contributed by atoms with Gasteiger partial charge in [0, 0.05) is 25.5 Å². The maximum atomic E-state index is 13.6. The third-order valence-electron chi connectivity index (χ3n) is 3.63. The summed E-state index contributed by atoms with van der Waals surface area (Å²) in [4.78, 5) is 12.2. The number of ether oxygens (including phenoxy) is 1. The van der Waals surface area contributed by atoms with E-state index in [0.29, 0.717) is 11.4 Å². The Morgan fingerprint density at radius 2 is 1.85 bits per heavy atom. The van der Waals surface area contributed by atoms with Crippen molar-refractivity contribution in [2.24, 2.45) is 0 Å². The van der Waals surface area contributed by atoms with Crippen LogP contribution in [0.2, 0.25) is 0 Å². The number of nitrogens with zero attached hydrogens (tertiary/aromatic N) is 1. The topological polar surface area (TPSA) is 75.7 Å². The van der Waals surface area contributed by atoms with Crippen LogP contribution >= 0.6 is 11.8 Å². The van der Waals surface area contributed by atoms with Crippen molar-refractivity contribution >= 4 is 33.4 Å². The molecular formula is C18H21FN2O4S2. The van der Waals surface area contributed by atoms with Crippen LogP contribution in [-0.2, 0) is 20.6 Å². The lowest BCUT2D eigenvalue weighted by molar-refractivity contribution is -0.113. The summed E-state index contributed by atoms with van der Waals surface area (Å²) in [5.41, 5.74) is 1.26. The highest BCUT2D eigenvalue weighted by molar-refractivity contribution is 7.99. The minimum absolute atomic E-state index is 0.154. The molecule has 6 nitrogen and oxygen atoms in total. The van der Waals surface area contributed by atoms with Gasteiger partial charge in [-0.25, -0.2) is 17.1 Å². The predicted octanol–water partition coefficient (Wildman–Crippen LogP) is 2.96. The Morgan fingerprint density at radius 3 is 2.41 bits per heavy atom. The monoisotopic (exact) mass is 412 g/mol. The molecule has 2 rings (SSSR count). The Morgan fingerprint density at radius 1 is 1.19 bits per heavy atom. The molecule has 27 heavy (non-hydrogen) atoms. The fourth-order valence-corrected chi connectivity index (χ4v) is 3.86. The van der Waals surface area contributed by atoms with Crippen molar-refractivity contribution in [3.63, 3.8) is 0 Å². The maximum Gasteiger partial charge on any atom is 0.242 e. The van der Waals surface area contributed by atoms with Crippen molar-refractivity contribution in [1.82, 2.24) is 4.31 Å². The molecule has 0 radical (unpaired) electrons. The van der Waals surface area contributed by atoms with Crippen LogP contribution < -0.4 is 10.1 Å². The van der Waals surface area contributed by atoms with E-state index in [1.807, 2.05) is 0 Å². The zero-order valence-electron chi connectivity index (χ0n) is 15.2. The van der Waals surface area contributed by atoms with E-state index in [9.17, 15) is 17.6 Å². The van der Waals surface area contributed by atoms with E-state index < -0.39 is 15.8 Å². The van der Waals surface area contributed by atoms with Gasteiger partial charge < -0.3 is 10.1 Å². The number of hydrogen-bond donors (Lipinski definition) is 1. The lowest BCUT2D eigenvalue weighted by Crippen LogP contribution is -2.22. The van der Waals surface area contributed by atoms with Crippen LogP contribution in [0, 0.1) is 5.82 Å². The van der Waals surface area contributed by atoms with Gasteiger partial charge in [-0.15, -0.1) is 11.8 Å². The molecule has 0 spiro atoms. The Kier molecular flexibility index (Phi) is 7.23. The molecule has 9 heteroatoms. The maximum absolute atomic E-state index is 13.6. The van der Waals surface area contributed by atoms with Crippen molar-refractivity contribution < 1.29 is 22.3 Å². The number of carbonyl (C=O) groups excluding carboxylic acids is 1. The van der Waals surface area contributed by atoms with Crippen LogP contribution in [0.5, 0.6) is 5.75 Å². The largest absolute Gasteiger partial charge is 0.494 e. The highest BCUT2D eigenvalue weighted by Crippen LogP contribution is 2.21. The Labute approximate surface area is 162 Å². The molecule has 0 saturated heterocycles. The lowest BCUT2D eigenvalue weighted by atomic mass is 10.2. The van der Waals surface area contributed by atoms with Crippen LogP contribution in [0.1, 0.15) is 5.56 Å².